The van der Waals surface area contributed by atoms with Crippen molar-refractivity contribution in [2.75, 3.05) is 14.2 Å². The van der Waals surface area contributed by atoms with Gasteiger partial charge in [0.15, 0.2) is 0 Å². The van der Waals surface area contributed by atoms with Crippen molar-refractivity contribution < 1.29 is 28.2 Å². The zero-order chi connectivity index (χ0) is 13.9. The van der Waals surface area contributed by atoms with Gasteiger partial charge in [-0.2, -0.15) is 8.78 Å². The molecule has 4 nitrogen and oxygen atoms in total. The number of hydrogen-bond acceptors (Lipinski definition) is 3. The first-order valence-corrected chi connectivity index (χ1v) is 5.14. The quantitative estimate of drug-likeness (QED) is 0.882. The summed E-state index contributed by atoms with van der Waals surface area (Å²) in [6, 6.07) is 3.00. The molecule has 0 amide bonds. The van der Waals surface area contributed by atoms with Gasteiger partial charge in [0.2, 0.25) is 0 Å². The Kier molecular flexibility index (Phi) is 4.11. The molecule has 0 aliphatic carbocycles. The molecule has 1 N–H and O–H groups in total. The summed E-state index contributed by atoms with van der Waals surface area (Å²) in [6.45, 7) is 1.60. The minimum atomic E-state index is -3.83. The van der Waals surface area contributed by atoms with Gasteiger partial charge < -0.3 is 14.6 Å². The first-order chi connectivity index (χ1) is 8.31. The highest BCUT2D eigenvalue weighted by molar-refractivity contribution is 5.76. The van der Waals surface area contributed by atoms with Crippen molar-refractivity contribution in [1.29, 1.82) is 0 Å². The summed E-state index contributed by atoms with van der Waals surface area (Å²) in [6.07, 6.45) is -0.915. The lowest BCUT2D eigenvalue weighted by Crippen LogP contribution is -2.31. The second-order valence-corrected chi connectivity index (χ2v) is 3.81. The fraction of sp³-hybridized carbons (Fsp3) is 0.417. The second kappa shape index (κ2) is 5.20. The van der Waals surface area contributed by atoms with Gasteiger partial charge in [-0.05, 0) is 18.6 Å². The van der Waals surface area contributed by atoms with E-state index in [-0.39, 0.29) is 11.3 Å². The number of carboxylic acid groups (broad SMARTS) is 1. The molecule has 0 spiro atoms. The first-order valence-electron chi connectivity index (χ1n) is 5.14. The van der Waals surface area contributed by atoms with Crippen molar-refractivity contribution in [3.8, 4) is 11.5 Å². The van der Waals surface area contributed by atoms with Gasteiger partial charge in [-0.3, -0.25) is 0 Å². The molecule has 1 rings (SSSR count). The van der Waals surface area contributed by atoms with Crippen molar-refractivity contribution >= 4 is 5.97 Å². The number of benzene rings is 1. The van der Waals surface area contributed by atoms with Gasteiger partial charge in [0.05, 0.1) is 20.6 Å². The van der Waals surface area contributed by atoms with Crippen LogP contribution in [0.1, 0.15) is 11.1 Å². The highest BCUT2D eigenvalue weighted by atomic mass is 19.3. The maximum absolute atomic E-state index is 13.2. The summed E-state index contributed by atoms with van der Waals surface area (Å²) in [5.74, 6) is -5.33. The van der Waals surface area contributed by atoms with E-state index in [0.717, 1.165) is 0 Å². The third-order valence-electron chi connectivity index (χ3n) is 2.57. The zero-order valence-corrected chi connectivity index (χ0v) is 10.3. The van der Waals surface area contributed by atoms with Crippen molar-refractivity contribution in [3.63, 3.8) is 0 Å². The molecule has 0 heterocycles. The van der Waals surface area contributed by atoms with Crippen molar-refractivity contribution in [2.24, 2.45) is 0 Å². The van der Waals surface area contributed by atoms with Crippen LogP contribution >= 0.6 is 0 Å². The predicted octanol–water partition coefficient (Wildman–Crippen LogP) is 2.27. The maximum atomic E-state index is 13.2. The standard InChI is InChI=1S/C12H14F2O4/c1-7-4-8(17-2)5-10(18-3)9(7)6-12(13,14)11(15)16/h4-5H,6H2,1-3H3,(H,15,16). The Hall–Kier alpha value is -1.85. The predicted molar refractivity (Wildman–Crippen MR) is 60.6 cm³/mol. The number of hydrogen-bond donors (Lipinski definition) is 1. The molecule has 100 valence electrons. The molecule has 0 bridgehead atoms. The van der Waals surface area contributed by atoms with Gasteiger partial charge in [0.25, 0.3) is 0 Å². The average Bonchev–Trinajstić information content (AvgIpc) is 2.30. The Morgan fingerprint density at radius 3 is 2.39 bits per heavy atom. The monoisotopic (exact) mass is 260 g/mol. The van der Waals surface area contributed by atoms with E-state index in [4.69, 9.17) is 14.6 Å². The fourth-order valence-corrected chi connectivity index (χ4v) is 1.58. The molecule has 0 saturated carbocycles. The smallest absolute Gasteiger partial charge is 0.374 e. The summed E-state index contributed by atoms with van der Waals surface area (Å²) in [5.41, 5.74) is 0.651. The van der Waals surface area contributed by atoms with Crippen LogP contribution in [0.3, 0.4) is 0 Å². The zero-order valence-electron chi connectivity index (χ0n) is 10.3. The summed E-state index contributed by atoms with van der Waals surface area (Å²) >= 11 is 0. The van der Waals surface area contributed by atoms with Gasteiger partial charge in [-0.15, -0.1) is 0 Å². The number of aryl methyl sites for hydroxylation is 1. The van der Waals surface area contributed by atoms with Crippen LogP contribution < -0.4 is 9.47 Å². The lowest BCUT2D eigenvalue weighted by molar-refractivity contribution is -0.164. The SMILES string of the molecule is COc1cc(C)c(CC(F)(F)C(=O)O)c(OC)c1. The number of rotatable bonds is 5. The number of ether oxygens (including phenoxy) is 2. The van der Waals surface area contributed by atoms with E-state index in [1.807, 2.05) is 0 Å². The Morgan fingerprint density at radius 1 is 1.33 bits per heavy atom. The highest BCUT2D eigenvalue weighted by Crippen LogP contribution is 2.33. The number of halogens is 2. The summed E-state index contributed by atoms with van der Waals surface area (Å²) in [5, 5.41) is 8.44. The van der Waals surface area contributed by atoms with Gasteiger partial charge in [0.1, 0.15) is 11.5 Å². The number of carbonyl (C=O) groups is 1. The van der Waals surface area contributed by atoms with Crippen molar-refractivity contribution in [2.45, 2.75) is 19.3 Å². The summed E-state index contributed by atoms with van der Waals surface area (Å²) in [7, 11) is 2.77. The molecule has 0 saturated heterocycles. The molecule has 0 atom stereocenters. The largest absolute Gasteiger partial charge is 0.497 e. The van der Waals surface area contributed by atoms with E-state index >= 15 is 0 Å². The number of methoxy groups -OCH3 is 2. The van der Waals surface area contributed by atoms with Crippen LogP contribution in [0.2, 0.25) is 0 Å². The third-order valence-corrected chi connectivity index (χ3v) is 2.57. The van der Waals surface area contributed by atoms with Crippen molar-refractivity contribution in [3.05, 3.63) is 23.3 Å². The van der Waals surface area contributed by atoms with E-state index in [1.54, 1.807) is 13.0 Å². The second-order valence-electron chi connectivity index (χ2n) is 3.81. The Morgan fingerprint density at radius 2 is 1.94 bits per heavy atom. The Bertz CT molecular complexity index is 458. The molecule has 6 heteroatoms. The maximum Gasteiger partial charge on any atom is 0.374 e. The molecule has 0 aliphatic heterocycles. The minimum absolute atomic E-state index is 0.158. The summed E-state index contributed by atoms with van der Waals surface area (Å²) < 4.78 is 36.4. The molecular formula is C12H14F2O4. The molecule has 18 heavy (non-hydrogen) atoms. The van der Waals surface area contributed by atoms with E-state index in [0.29, 0.717) is 11.3 Å². The molecule has 1 aromatic carbocycles. The summed E-state index contributed by atoms with van der Waals surface area (Å²) in [4.78, 5) is 10.4. The third kappa shape index (κ3) is 2.88. The lowest BCUT2D eigenvalue weighted by atomic mass is 10.0. The molecule has 0 aliphatic rings. The van der Waals surface area contributed by atoms with Gasteiger partial charge >= 0.3 is 11.9 Å². The van der Waals surface area contributed by atoms with Crippen LogP contribution in [0.5, 0.6) is 11.5 Å². The van der Waals surface area contributed by atoms with Gasteiger partial charge in [0, 0.05) is 11.6 Å². The van der Waals surface area contributed by atoms with Crippen LogP contribution in [0, 0.1) is 6.92 Å². The van der Waals surface area contributed by atoms with Crippen LogP contribution in [-0.4, -0.2) is 31.2 Å². The van der Waals surface area contributed by atoms with Gasteiger partial charge in [-0.1, -0.05) is 0 Å². The number of alkyl halides is 2. The molecular weight excluding hydrogens is 246 g/mol. The van der Waals surface area contributed by atoms with Crippen LogP contribution in [0.25, 0.3) is 0 Å². The number of carboxylic acids is 1. The Balaban J connectivity index is 3.20. The van der Waals surface area contributed by atoms with Crippen LogP contribution in [-0.2, 0) is 11.2 Å². The molecule has 0 unspecified atom stereocenters. The Labute approximate surface area is 103 Å². The van der Waals surface area contributed by atoms with E-state index in [1.165, 1.54) is 20.3 Å². The topological polar surface area (TPSA) is 55.8 Å². The van der Waals surface area contributed by atoms with Crippen molar-refractivity contribution in [1.82, 2.24) is 0 Å². The first kappa shape index (κ1) is 14.2. The highest BCUT2D eigenvalue weighted by Gasteiger charge is 2.40. The molecule has 0 fully saturated rings. The molecule has 0 aromatic heterocycles. The van der Waals surface area contributed by atoms with E-state index in [2.05, 4.69) is 0 Å². The molecule has 0 radical (unpaired) electrons. The molecule has 1 aromatic rings. The van der Waals surface area contributed by atoms with E-state index < -0.39 is 18.3 Å². The average molecular weight is 260 g/mol. The van der Waals surface area contributed by atoms with Crippen LogP contribution in [0.15, 0.2) is 12.1 Å². The lowest BCUT2D eigenvalue weighted by Gasteiger charge is -2.17. The number of aliphatic carboxylic acids is 1. The van der Waals surface area contributed by atoms with E-state index in [9.17, 15) is 13.6 Å². The van der Waals surface area contributed by atoms with Crippen LogP contribution in [0.4, 0.5) is 8.78 Å². The minimum Gasteiger partial charge on any atom is -0.497 e. The normalized spacial score (nSPS) is 11.2. The fourth-order valence-electron chi connectivity index (χ4n) is 1.58. The van der Waals surface area contributed by atoms with Gasteiger partial charge in [-0.25, -0.2) is 4.79 Å².